The first-order valence-corrected chi connectivity index (χ1v) is 11.2. The van der Waals surface area contributed by atoms with Gasteiger partial charge in [0, 0.05) is 35.9 Å². The number of nitrogens with two attached hydrogens (primary N) is 1. The van der Waals surface area contributed by atoms with Gasteiger partial charge < -0.3 is 20.4 Å². The lowest BCUT2D eigenvalue weighted by Crippen LogP contribution is -2.15. The molecule has 4 rings (SSSR count). The molecule has 35 heavy (non-hydrogen) atoms. The van der Waals surface area contributed by atoms with Crippen LogP contribution >= 0.6 is 11.3 Å². The third kappa shape index (κ3) is 5.41. The monoisotopic (exact) mass is 493 g/mol. The maximum atomic E-state index is 14.6. The van der Waals surface area contributed by atoms with E-state index in [1.165, 1.54) is 58.5 Å². The first-order valence-electron chi connectivity index (χ1n) is 10.4. The molecule has 0 bridgehead atoms. The number of thiazole rings is 1. The standard InChI is InChI=1S/C24H20FN5O4S/c1-13-21(15-6-8-20(32)30(2)12-15)29-24(35-13)28-19(31)11-14-5-7-18(17(25)10-14)34-23-16(22(26)33)4-3-9-27-23/h3-10,12H,11H2,1-2H3,(H2,26,33)(H,28,29,31). The van der Waals surface area contributed by atoms with Gasteiger partial charge in [0.1, 0.15) is 5.56 Å². The second-order valence-electron chi connectivity index (χ2n) is 7.60. The van der Waals surface area contributed by atoms with Crippen LogP contribution in [0.25, 0.3) is 11.3 Å². The van der Waals surface area contributed by atoms with Gasteiger partial charge in [-0.05, 0) is 42.8 Å². The maximum Gasteiger partial charge on any atom is 0.254 e. The predicted octanol–water partition coefficient (Wildman–Crippen LogP) is 3.42. The van der Waals surface area contributed by atoms with Crippen LogP contribution in [0.1, 0.15) is 20.8 Å². The van der Waals surface area contributed by atoms with Crippen LogP contribution in [-0.2, 0) is 18.3 Å². The van der Waals surface area contributed by atoms with Gasteiger partial charge in [-0.3, -0.25) is 14.4 Å². The summed E-state index contributed by atoms with van der Waals surface area (Å²) in [4.78, 5) is 44.9. The zero-order valence-electron chi connectivity index (χ0n) is 18.7. The molecule has 1 aromatic carbocycles. The Morgan fingerprint density at radius 1 is 1.23 bits per heavy atom. The third-order valence-electron chi connectivity index (χ3n) is 5.01. The number of halogens is 1. The molecule has 0 atom stereocenters. The van der Waals surface area contributed by atoms with Gasteiger partial charge in [-0.15, -0.1) is 11.3 Å². The van der Waals surface area contributed by atoms with Crippen molar-refractivity contribution in [3.63, 3.8) is 0 Å². The molecule has 11 heteroatoms. The molecule has 0 saturated heterocycles. The van der Waals surface area contributed by atoms with Gasteiger partial charge in [0.15, 0.2) is 16.7 Å². The Labute approximate surface area is 203 Å². The number of pyridine rings is 2. The fraction of sp³-hybridized carbons (Fsp3) is 0.125. The predicted molar refractivity (Wildman–Crippen MR) is 129 cm³/mol. The Balaban J connectivity index is 1.45. The summed E-state index contributed by atoms with van der Waals surface area (Å²) in [7, 11) is 1.65. The summed E-state index contributed by atoms with van der Waals surface area (Å²) in [6.07, 6.45) is 2.98. The average Bonchev–Trinajstić information content (AvgIpc) is 3.17. The minimum Gasteiger partial charge on any atom is -0.435 e. The Hall–Kier alpha value is -4.38. The quantitative estimate of drug-likeness (QED) is 0.406. The van der Waals surface area contributed by atoms with E-state index in [-0.39, 0.29) is 35.1 Å². The number of hydrogen-bond acceptors (Lipinski definition) is 7. The number of aromatic nitrogens is 3. The highest BCUT2D eigenvalue weighted by atomic mass is 32.1. The number of primary amides is 1. The van der Waals surface area contributed by atoms with Crippen LogP contribution in [0.3, 0.4) is 0 Å². The number of anilines is 1. The van der Waals surface area contributed by atoms with Crippen LogP contribution in [0.15, 0.2) is 59.7 Å². The van der Waals surface area contributed by atoms with Crippen LogP contribution in [0, 0.1) is 12.7 Å². The highest BCUT2D eigenvalue weighted by Crippen LogP contribution is 2.30. The van der Waals surface area contributed by atoms with Crippen molar-refractivity contribution in [1.29, 1.82) is 0 Å². The summed E-state index contributed by atoms with van der Waals surface area (Å²) in [5, 5.41) is 3.12. The lowest BCUT2D eigenvalue weighted by molar-refractivity contribution is -0.115. The molecule has 2 amide bonds. The third-order valence-corrected chi connectivity index (χ3v) is 5.89. The van der Waals surface area contributed by atoms with E-state index in [2.05, 4.69) is 15.3 Å². The van der Waals surface area contributed by atoms with Gasteiger partial charge in [-0.1, -0.05) is 6.07 Å². The van der Waals surface area contributed by atoms with Crippen LogP contribution < -0.4 is 21.3 Å². The molecule has 9 nitrogen and oxygen atoms in total. The SMILES string of the molecule is Cc1sc(NC(=O)Cc2ccc(Oc3ncccc3C(N)=O)c(F)c2)nc1-c1ccc(=O)n(C)c1. The van der Waals surface area contributed by atoms with E-state index in [1.54, 1.807) is 19.3 Å². The summed E-state index contributed by atoms with van der Waals surface area (Å²) in [6.45, 7) is 1.87. The molecule has 0 aliphatic carbocycles. The van der Waals surface area contributed by atoms with Gasteiger partial charge in [-0.25, -0.2) is 14.4 Å². The van der Waals surface area contributed by atoms with Crippen molar-refractivity contribution in [3.8, 4) is 22.9 Å². The molecule has 0 unspecified atom stereocenters. The summed E-state index contributed by atoms with van der Waals surface area (Å²) in [5.74, 6) is -2.12. The fourth-order valence-electron chi connectivity index (χ4n) is 3.30. The van der Waals surface area contributed by atoms with E-state index in [0.29, 0.717) is 16.4 Å². The van der Waals surface area contributed by atoms with Gasteiger partial charge >= 0.3 is 0 Å². The van der Waals surface area contributed by atoms with Crippen molar-refractivity contribution in [2.75, 3.05) is 5.32 Å². The Kier molecular flexibility index (Phi) is 6.69. The second-order valence-corrected chi connectivity index (χ2v) is 8.81. The van der Waals surface area contributed by atoms with Gasteiger partial charge in [0.25, 0.3) is 5.91 Å². The number of nitrogens with one attached hydrogen (secondary N) is 1. The number of ether oxygens (including phenoxy) is 1. The van der Waals surface area contributed by atoms with Crippen LogP contribution in [0.2, 0.25) is 0 Å². The molecule has 178 valence electrons. The normalized spacial score (nSPS) is 10.7. The number of carbonyl (C=O) groups is 2. The molecular formula is C24H20FN5O4S. The largest absolute Gasteiger partial charge is 0.435 e. The smallest absolute Gasteiger partial charge is 0.254 e. The van der Waals surface area contributed by atoms with E-state index in [9.17, 15) is 18.8 Å². The number of aryl methyl sites for hydroxylation is 2. The first kappa shape index (κ1) is 23.8. The summed E-state index contributed by atoms with van der Waals surface area (Å²) >= 11 is 1.30. The maximum absolute atomic E-state index is 14.6. The highest BCUT2D eigenvalue weighted by Gasteiger charge is 2.16. The van der Waals surface area contributed by atoms with Crippen molar-refractivity contribution in [1.82, 2.24) is 14.5 Å². The molecule has 3 N–H and O–H groups in total. The highest BCUT2D eigenvalue weighted by molar-refractivity contribution is 7.16. The number of rotatable bonds is 7. The molecule has 0 aliphatic heterocycles. The van der Waals surface area contributed by atoms with Crippen LogP contribution in [0.4, 0.5) is 9.52 Å². The summed E-state index contributed by atoms with van der Waals surface area (Å²) < 4.78 is 21.5. The minimum atomic E-state index is -0.751. The Morgan fingerprint density at radius 2 is 2.03 bits per heavy atom. The number of amides is 2. The van der Waals surface area contributed by atoms with Crippen molar-refractivity contribution in [2.45, 2.75) is 13.3 Å². The molecule has 0 saturated carbocycles. The zero-order chi connectivity index (χ0) is 25.1. The van der Waals surface area contributed by atoms with Gasteiger partial charge in [-0.2, -0.15) is 0 Å². The second kappa shape index (κ2) is 9.85. The van der Waals surface area contributed by atoms with Crippen molar-refractivity contribution in [2.24, 2.45) is 12.8 Å². The Bertz CT molecular complexity index is 1500. The lowest BCUT2D eigenvalue weighted by atomic mass is 10.1. The molecule has 0 spiro atoms. The van der Waals surface area contributed by atoms with Crippen molar-refractivity contribution >= 4 is 28.3 Å². The van der Waals surface area contributed by atoms with Gasteiger partial charge in [0.2, 0.25) is 17.3 Å². The molecule has 4 aromatic rings. The summed E-state index contributed by atoms with van der Waals surface area (Å²) in [6, 6.07) is 10.1. The van der Waals surface area contributed by atoms with E-state index in [4.69, 9.17) is 10.5 Å². The zero-order valence-corrected chi connectivity index (χ0v) is 19.6. The summed E-state index contributed by atoms with van der Waals surface area (Å²) in [5.41, 5.74) is 7.01. The first-order chi connectivity index (χ1) is 16.7. The molecule has 0 aliphatic rings. The molecule has 3 aromatic heterocycles. The van der Waals surface area contributed by atoms with Crippen LogP contribution in [0.5, 0.6) is 11.6 Å². The topological polar surface area (TPSA) is 129 Å². The molecule has 0 fully saturated rings. The Morgan fingerprint density at radius 3 is 2.74 bits per heavy atom. The number of carbonyl (C=O) groups excluding carboxylic acids is 2. The number of nitrogens with zero attached hydrogens (tertiary/aromatic N) is 3. The number of benzene rings is 1. The minimum absolute atomic E-state index is 0.0196. The van der Waals surface area contributed by atoms with Gasteiger partial charge in [0.05, 0.1) is 12.1 Å². The number of hydrogen-bond donors (Lipinski definition) is 2. The van der Waals surface area contributed by atoms with E-state index >= 15 is 0 Å². The van der Waals surface area contributed by atoms with E-state index in [0.717, 1.165) is 10.4 Å². The lowest BCUT2D eigenvalue weighted by Gasteiger charge is -2.09. The van der Waals surface area contributed by atoms with Crippen LogP contribution in [-0.4, -0.2) is 26.3 Å². The molecule has 3 heterocycles. The van der Waals surface area contributed by atoms with Crippen molar-refractivity contribution in [3.05, 3.63) is 87.0 Å². The molecule has 0 radical (unpaired) electrons. The average molecular weight is 494 g/mol. The van der Waals surface area contributed by atoms with E-state index in [1.807, 2.05) is 6.92 Å². The van der Waals surface area contributed by atoms with E-state index < -0.39 is 11.7 Å². The van der Waals surface area contributed by atoms with Crippen molar-refractivity contribution < 1.29 is 18.7 Å². The fourth-order valence-corrected chi connectivity index (χ4v) is 4.15. The molecular weight excluding hydrogens is 473 g/mol.